The number of aliphatic hydroxyl groups is 1. The van der Waals surface area contributed by atoms with Gasteiger partial charge in [-0.05, 0) is 62.8 Å². The van der Waals surface area contributed by atoms with Crippen LogP contribution in [0.25, 0.3) is 0 Å². The zero-order chi connectivity index (χ0) is 30.7. The number of rotatable bonds is 6. The summed E-state index contributed by atoms with van der Waals surface area (Å²) in [6.07, 6.45) is 6.71. The molecular weight excluding hydrogens is 532 g/mol. The van der Waals surface area contributed by atoms with Gasteiger partial charge in [0.2, 0.25) is 5.91 Å². The molecule has 9 heteroatoms. The predicted molar refractivity (Wildman–Crippen MR) is 162 cm³/mol. The van der Waals surface area contributed by atoms with E-state index in [4.69, 9.17) is 4.74 Å². The lowest BCUT2D eigenvalue weighted by molar-refractivity contribution is -0.129. The number of likely N-dealkylation sites (tertiary alicyclic amines) is 1. The molecule has 2 aliphatic rings. The van der Waals surface area contributed by atoms with Gasteiger partial charge in [-0.25, -0.2) is 4.79 Å². The second-order valence-corrected chi connectivity index (χ2v) is 13.6. The van der Waals surface area contributed by atoms with Gasteiger partial charge in [-0.2, -0.15) is 0 Å². The topological polar surface area (TPSA) is 112 Å². The largest absolute Gasteiger partial charge is 0.444 e. The molecule has 1 saturated carbocycles. The Balaban J connectivity index is 1.79. The third-order valence-corrected chi connectivity index (χ3v) is 7.90. The van der Waals surface area contributed by atoms with Crippen LogP contribution in [0, 0.1) is 0 Å². The second kappa shape index (κ2) is 12.8. The minimum absolute atomic E-state index is 0.0252. The molecule has 2 N–H and O–H groups in total. The van der Waals surface area contributed by atoms with Gasteiger partial charge >= 0.3 is 6.09 Å². The minimum atomic E-state index is -1.04. The molecule has 4 rings (SSSR count). The Kier molecular flexibility index (Phi) is 9.60. The molecule has 3 atom stereocenters. The average Bonchev–Trinajstić information content (AvgIpc) is 3.33. The van der Waals surface area contributed by atoms with Crippen molar-refractivity contribution in [1.82, 2.24) is 15.2 Å². The summed E-state index contributed by atoms with van der Waals surface area (Å²) in [7, 11) is 0. The summed E-state index contributed by atoms with van der Waals surface area (Å²) in [4.78, 5) is 49.0. The fourth-order valence-corrected chi connectivity index (χ4v) is 5.74. The van der Waals surface area contributed by atoms with E-state index in [1.807, 2.05) is 24.3 Å². The number of β-amino-alcohol motifs (C(OH)–C–C–N with tert-alkyl or cyclic N) is 1. The maximum Gasteiger partial charge on any atom is 0.411 e. The summed E-state index contributed by atoms with van der Waals surface area (Å²) in [5.74, 6) is -0.765. The molecule has 2 heterocycles. The normalized spacial score (nSPS) is 20.6. The Morgan fingerprint density at radius 3 is 2.26 bits per heavy atom. The van der Waals surface area contributed by atoms with Crippen molar-refractivity contribution in [2.45, 2.75) is 115 Å². The van der Waals surface area contributed by atoms with Crippen molar-refractivity contribution in [1.29, 1.82) is 0 Å². The molecule has 228 valence electrons. The fourth-order valence-electron chi connectivity index (χ4n) is 5.74. The summed E-state index contributed by atoms with van der Waals surface area (Å²) in [5.41, 5.74) is 1.26. The highest BCUT2D eigenvalue weighted by molar-refractivity contribution is 6.04. The number of ether oxygens (including phenoxy) is 1. The third-order valence-electron chi connectivity index (χ3n) is 7.90. The smallest absolute Gasteiger partial charge is 0.411 e. The first kappa shape index (κ1) is 31.5. The van der Waals surface area contributed by atoms with E-state index in [1.165, 1.54) is 9.80 Å². The SMILES string of the molecule is CC(C)(C)OC(=O)N1C[C@H](O)C[C@@H]1C(=O)N(c1ccc(C(C)(C)C)cc1)C(C(=O)NC1CCCCC1)c1cccnc1. The fraction of sp³-hybridized carbons (Fsp3) is 0.576. The Morgan fingerprint density at radius 1 is 1.02 bits per heavy atom. The van der Waals surface area contributed by atoms with Crippen molar-refractivity contribution in [2.24, 2.45) is 0 Å². The lowest BCUT2D eigenvalue weighted by Gasteiger charge is -2.36. The second-order valence-electron chi connectivity index (χ2n) is 13.6. The molecule has 3 amide bonds. The van der Waals surface area contributed by atoms with Crippen molar-refractivity contribution in [3.05, 3.63) is 59.9 Å². The van der Waals surface area contributed by atoms with E-state index in [0.717, 1.165) is 37.7 Å². The number of carbonyl (C=O) groups excluding carboxylic acids is 3. The molecule has 1 aliphatic heterocycles. The van der Waals surface area contributed by atoms with Crippen LogP contribution in [-0.4, -0.2) is 63.2 Å². The van der Waals surface area contributed by atoms with E-state index in [9.17, 15) is 19.5 Å². The van der Waals surface area contributed by atoms with Gasteiger partial charge in [0.15, 0.2) is 0 Å². The highest BCUT2D eigenvalue weighted by atomic mass is 16.6. The first-order valence-electron chi connectivity index (χ1n) is 15.1. The van der Waals surface area contributed by atoms with Crippen LogP contribution in [-0.2, 0) is 19.7 Å². The molecule has 0 bridgehead atoms. The van der Waals surface area contributed by atoms with Crippen LogP contribution in [0.15, 0.2) is 48.8 Å². The number of benzene rings is 1. The van der Waals surface area contributed by atoms with E-state index in [0.29, 0.717) is 11.3 Å². The molecule has 1 aromatic carbocycles. The minimum Gasteiger partial charge on any atom is -0.444 e. The molecule has 1 aliphatic carbocycles. The molecule has 1 aromatic heterocycles. The number of amides is 3. The van der Waals surface area contributed by atoms with Crippen molar-refractivity contribution in [2.75, 3.05) is 11.4 Å². The van der Waals surface area contributed by atoms with Crippen LogP contribution >= 0.6 is 0 Å². The molecule has 1 saturated heterocycles. The maximum absolute atomic E-state index is 14.6. The highest BCUT2D eigenvalue weighted by Crippen LogP contribution is 2.34. The number of pyridine rings is 1. The van der Waals surface area contributed by atoms with E-state index < -0.39 is 35.8 Å². The van der Waals surface area contributed by atoms with Gasteiger partial charge in [0, 0.05) is 36.1 Å². The highest BCUT2D eigenvalue weighted by Gasteiger charge is 2.46. The number of aliphatic hydroxyl groups excluding tert-OH is 1. The molecule has 2 fully saturated rings. The number of nitrogens with one attached hydrogen (secondary N) is 1. The molecule has 0 radical (unpaired) electrons. The molecular formula is C33H46N4O5. The van der Waals surface area contributed by atoms with Crippen LogP contribution in [0.4, 0.5) is 10.5 Å². The quantitative estimate of drug-likeness (QED) is 0.483. The van der Waals surface area contributed by atoms with Gasteiger partial charge in [-0.15, -0.1) is 0 Å². The lowest BCUT2D eigenvalue weighted by Crippen LogP contribution is -2.53. The van der Waals surface area contributed by atoms with Crippen LogP contribution < -0.4 is 10.2 Å². The number of aromatic nitrogens is 1. The Bertz CT molecular complexity index is 1230. The van der Waals surface area contributed by atoms with Crippen LogP contribution in [0.2, 0.25) is 0 Å². The first-order valence-corrected chi connectivity index (χ1v) is 15.1. The van der Waals surface area contributed by atoms with Gasteiger partial charge in [0.25, 0.3) is 5.91 Å². The van der Waals surface area contributed by atoms with E-state index in [2.05, 4.69) is 31.1 Å². The predicted octanol–water partition coefficient (Wildman–Crippen LogP) is 5.27. The van der Waals surface area contributed by atoms with Crippen molar-refractivity contribution in [3.63, 3.8) is 0 Å². The van der Waals surface area contributed by atoms with Crippen LogP contribution in [0.5, 0.6) is 0 Å². The van der Waals surface area contributed by atoms with Crippen LogP contribution in [0.1, 0.15) is 97.2 Å². The van der Waals surface area contributed by atoms with Crippen molar-refractivity contribution < 1.29 is 24.2 Å². The van der Waals surface area contributed by atoms with E-state index >= 15 is 0 Å². The zero-order valence-electron chi connectivity index (χ0n) is 25.8. The molecule has 0 spiro atoms. The average molecular weight is 579 g/mol. The number of nitrogens with zero attached hydrogens (tertiary/aromatic N) is 3. The maximum atomic E-state index is 14.6. The Labute approximate surface area is 249 Å². The van der Waals surface area contributed by atoms with Gasteiger partial charge in [0.05, 0.1) is 12.6 Å². The van der Waals surface area contributed by atoms with Crippen molar-refractivity contribution >= 4 is 23.6 Å². The van der Waals surface area contributed by atoms with E-state index in [1.54, 1.807) is 45.3 Å². The molecule has 2 aromatic rings. The number of anilines is 1. The zero-order valence-corrected chi connectivity index (χ0v) is 25.8. The number of hydrogen-bond donors (Lipinski definition) is 2. The Morgan fingerprint density at radius 2 is 1.69 bits per heavy atom. The van der Waals surface area contributed by atoms with E-state index in [-0.39, 0.29) is 30.3 Å². The summed E-state index contributed by atoms with van der Waals surface area (Å²) in [6, 6.07) is 9.12. The summed E-state index contributed by atoms with van der Waals surface area (Å²) in [6.45, 7) is 11.6. The summed E-state index contributed by atoms with van der Waals surface area (Å²) < 4.78 is 5.60. The van der Waals surface area contributed by atoms with Crippen LogP contribution in [0.3, 0.4) is 0 Å². The standard InChI is InChI=1S/C33H46N4O5/c1-32(2,3)23-14-16-25(17-15-23)37(30(40)27-19-26(38)21-36(27)31(41)42-33(4,5)6)28(22-11-10-18-34-20-22)29(39)35-24-12-8-7-9-13-24/h10-11,14-18,20,24,26-28,38H,7-9,12-13,19,21H2,1-6H3,(H,35,39)/t26-,27-,28?/m1/s1. The molecule has 9 nitrogen and oxygen atoms in total. The number of hydrogen-bond acceptors (Lipinski definition) is 6. The third kappa shape index (κ3) is 7.68. The van der Waals surface area contributed by atoms with Gasteiger partial charge in [-0.3, -0.25) is 24.4 Å². The summed E-state index contributed by atoms with van der Waals surface area (Å²) in [5, 5.41) is 13.8. The first-order chi connectivity index (χ1) is 19.7. The Hall–Kier alpha value is -3.46. The lowest BCUT2D eigenvalue weighted by atomic mass is 9.87. The number of carbonyl (C=O) groups is 3. The van der Waals surface area contributed by atoms with Gasteiger partial charge in [-0.1, -0.05) is 58.2 Å². The monoisotopic (exact) mass is 578 g/mol. The van der Waals surface area contributed by atoms with Gasteiger partial charge < -0.3 is 15.2 Å². The molecule has 1 unspecified atom stereocenters. The molecule has 42 heavy (non-hydrogen) atoms. The van der Waals surface area contributed by atoms with Gasteiger partial charge in [0.1, 0.15) is 17.7 Å². The van der Waals surface area contributed by atoms with Crippen molar-refractivity contribution in [3.8, 4) is 0 Å². The summed E-state index contributed by atoms with van der Waals surface area (Å²) >= 11 is 0.